The highest BCUT2D eigenvalue weighted by Crippen LogP contribution is 2.38. The lowest BCUT2D eigenvalue weighted by Gasteiger charge is -2.32. The van der Waals surface area contributed by atoms with Crippen LogP contribution in [0.5, 0.6) is 0 Å². The van der Waals surface area contributed by atoms with Crippen molar-refractivity contribution in [2.45, 2.75) is 43.2 Å². The van der Waals surface area contributed by atoms with E-state index in [-0.39, 0.29) is 24.3 Å². The topological polar surface area (TPSA) is 95.5 Å². The molecule has 0 spiro atoms. The van der Waals surface area contributed by atoms with Crippen molar-refractivity contribution in [1.82, 2.24) is 10.6 Å². The number of halogens is 5. The Morgan fingerprint density at radius 1 is 1.07 bits per heavy atom. The van der Waals surface area contributed by atoms with Crippen molar-refractivity contribution in [2.75, 3.05) is 13.1 Å². The molecular weight excluding hydrogens is 403 g/mol. The molecule has 0 bridgehead atoms. The van der Waals surface area contributed by atoms with E-state index in [1.165, 1.54) is 0 Å². The maximum atomic E-state index is 14.0. The Balaban J connectivity index is 0.000000370. The third-order valence-corrected chi connectivity index (χ3v) is 4.70. The SMILES string of the molecule is O=C(O)C(F)(F)F.O=C1CCC(c2ccc(C3CCNCC3(F)F)cc2)C(=O)N1. The Labute approximate surface area is 162 Å². The van der Waals surface area contributed by atoms with E-state index in [4.69, 9.17) is 9.90 Å². The van der Waals surface area contributed by atoms with Gasteiger partial charge in [0.2, 0.25) is 11.8 Å². The number of benzene rings is 1. The monoisotopic (exact) mass is 422 g/mol. The first-order valence-corrected chi connectivity index (χ1v) is 8.74. The number of hydrogen-bond acceptors (Lipinski definition) is 4. The number of carboxylic acid groups (broad SMARTS) is 1. The first-order chi connectivity index (χ1) is 13.4. The number of aliphatic carboxylic acids is 1. The first kappa shape index (κ1) is 22.7. The number of imide groups is 1. The second-order valence-corrected chi connectivity index (χ2v) is 6.75. The second-order valence-electron chi connectivity index (χ2n) is 6.75. The molecule has 3 rings (SSSR count). The van der Waals surface area contributed by atoms with Gasteiger partial charge in [-0.25, -0.2) is 13.6 Å². The van der Waals surface area contributed by atoms with Gasteiger partial charge < -0.3 is 10.4 Å². The van der Waals surface area contributed by atoms with Crippen molar-refractivity contribution in [3.05, 3.63) is 35.4 Å². The van der Waals surface area contributed by atoms with E-state index in [1.54, 1.807) is 24.3 Å². The largest absolute Gasteiger partial charge is 0.490 e. The van der Waals surface area contributed by atoms with Crippen molar-refractivity contribution in [3.63, 3.8) is 0 Å². The van der Waals surface area contributed by atoms with E-state index in [1.807, 2.05) is 0 Å². The van der Waals surface area contributed by atoms with Gasteiger partial charge in [-0.1, -0.05) is 24.3 Å². The lowest BCUT2D eigenvalue weighted by molar-refractivity contribution is -0.192. The Morgan fingerprint density at radius 2 is 1.62 bits per heavy atom. The minimum atomic E-state index is -5.08. The van der Waals surface area contributed by atoms with Crippen LogP contribution in [0.2, 0.25) is 0 Å². The van der Waals surface area contributed by atoms with Gasteiger partial charge >= 0.3 is 12.1 Å². The van der Waals surface area contributed by atoms with E-state index in [0.29, 0.717) is 31.4 Å². The number of carbonyl (C=O) groups excluding carboxylic acids is 2. The van der Waals surface area contributed by atoms with Gasteiger partial charge in [0, 0.05) is 6.42 Å². The molecule has 2 amide bonds. The van der Waals surface area contributed by atoms with Gasteiger partial charge in [-0.3, -0.25) is 14.9 Å². The summed E-state index contributed by atoms with van der Waals surface area (Å²) in [4.78, 5) is 31.9. The van der Waals surface area contributed by atoms with E-state index in [0.717, 1.165) is 5.56 Å². The van der Waals surface area contributed by atoms with Crippen molar-refractivity contribution in [2.24, 2.45) is 0 Å². The third-order valence-electron chi connectivity index (χ3n) is 4.70. The van der Waals surface area contributed by atoms with E-state index >= 15 is 0 Å². The van der Waals surface area contributed by atoms with E-state index < -0.39 is 24.0 Å². The van der Waals surface area contributed by atoms with Crippen LogP contribution >= 0.6 is 0 Å². The summed E-state index contributed by atoms with van der Waals surface area (Å²) in [7, 11) is 0. The Kier molecular flexibility index (Phi) is 6.93. The van der Waals surface area contributed by atoms with Crippen LogP contribution < -0.4 is 10.6 Å². The highest BCUT2D eigenvalue weighted by Gasteiger charge is 2.42. The van der Waals surface area contributed by atoms with Crippen molar-refractivity contribution in [3.8, 4) is 0 Å². The standard InChI is InChI=1S/C16H18F2N2O2.C2HF3O2/c17-16(18)9-19-8-7-13(16)11-3-1-10(2-4-11)12-5-6-14(21)20-15(12)22;3-2(4,5)1(6)7/h1-4,12-13,19H,5-9H2,(H,20,21,22);(H,6,7). The summed E-state index contributed by atoms with van der Waals surface area (Å²) >= 11 is 0. The Hall–Kier alpha value is -2.56. The zero-order valence-electron chi connectivity index (χ0n) is 15.1. The molecule has 0 radical (unpaired) electrons. The molecule has 29 heavy (non-hydrogen) atoms. The number of carbonyl (C=O) groups is 3. The predicted molar refractivity (Wildman–Crippen MR) is 90.4 cm³/mol. The summed E-state index contributed by atoms with van der Waals surface area (Å²) in [5, 5.41) is 12.2. The smallest absolute Gasteiger partial charge is 0.475 e. The van der Waals surface area contributed by atoms with Gasteiger partial charge in [0.25, 0.3) is 5.92 Å². The molecule has 1 aromatic carbocycles. The molecule has 1 aromatic rings. The van der Waals surface area contributed by atoms with Crippen LogP contribution in [0, 0.1) is 0 Å². The number of piperidine rings is 2. The number of amides is 2. The van der Waals surface area contributed by atoms with Crippen molar-refractivity contribution in [1.29, 1.82) is 0 Å². The summed E-state index contributed by atoms with van der Waals surface area (Å²) in [6, 6.07) is 6.83. The normalized spacial score (nSPS) is 24.2. The molecule has 2 fully saturated rings. The van der Waals surface area contributed by atoms with Crippen molar-refractivity contribution >= 4 is 17.8 Å². The minimum absolute atomic E-state index is 0.257. The maximum Gasteiger partial charge on any atom is 0.490 e. The quantitative estimate of drug-likeness (QED) is 0.503. The Bertz CT molecular complexity index is 765. The molecule has 11 heteroatoms. The molecule has 0 aromatic heterocycles. The summed E-state index contributed by atoms with van der Waals surface area (Å²) in [6.07, 6.45) is -3.91. The highest BCUT2D eigenvalue weighted by molar-refractivity contribution is 6.00. The molecule has 160 valence electrons. The summed E-state index contributed by atoms with van der Waals surface area (Å²) in [5.74, 6) is -7.24. The molecular formula is C18H19F5N2O4. The van der Waals surface area contributed by atoms with Gasteiger partial charge in [-0.05, 0) is 30.5 Å². The zero-order valence-corrected chi connectivity index (χ0v) is 15.1. The summed E-state index contributed by atoms with van der Waals surface area (Å²) in [6.45, 7) is 0.279. The number of nitrogens with one attached hydrogen (secondary N) is 2. The average Bonchev–Trinajstić information content (AvgIpc) is 2.61. The molecule has 0 saturated carbocycles. The number of hydrogen-bond donors (Lipinski definition) is 3. The molecule has 2 saturated heterocycles. The van der Waals surface area contributed by atoms with Gasteiger partial charge in [-0.2, -0.15) is 13.2 Å². The summed E-state index contributed by atoms with van der Waals surface area (Å²) in [5.41, 5.74) is 1.37. The fourth-order valence-electron chi connectivity index (χ4n) is 3.22. The summed E-state index contributed by atoms with van der Waals surface area (Å²) < 4.78 is 59.6. The fourth-order valence-corrected chi connectivity index (χ4v) is 3.22. The van der Waals surface area contributed by atoms with Crippen LogP contribution in [-0.2, 0) is 14.4 Å². The molecule has 6 nitrogen and oxygen atoms in total. The van der Waals surface area contributed by atoms with Crippen molar-refractivity contribution < 1.29 is 41.4 Å². The third kappa shape index (κ3) is 5.96. The fraction of sp³-hybridized carbons (Fsp3) is 0.500. The highest BCUT2D eigenvalue weighted by atomic mass is 19.4. The predicted octanol–water partition coefficient (Wildman–Crippen LogP) is 2.55. The number of alkyl halides is 5. The first-order valence-electron chi connectivity index (χ1n) is 8.74. The van der Waals surface area contributed by atoms with Gasteiger partial charge in [-0.15, -0.1) is 0 Å². The number of carboxylic acids is 1. The second kappa shape index (κ2) is 8.85. The van der Waals surface area contributed by atoms with Crippen LogP contribution in [0.1, 0.15) is 42.2 Å². The van der Waals surface area contributed by atoms with E-state index in [9.17, 15) is 31.5 Å². The molecule has 0 aliphatic carbocycles. The molecule has 2 aliphatic rings. The average molecular weight is 422 g/mol. The van der Waals surface area contributed by atoms with Crippen LogP contribution in [0.25, 0.3) is 0 Å². The lowest BCUT2D eigenvalue weighted by Crippen LogP contribution is -2.44. The van der Waals surface area contributed by atoms with Crippen LogP contribution in [0.4, 0.5) is 22.0 Å². The van der Waals surface area contributed by atoms with Crippen LogP contribution in [-0.4, -0.2) is 48.1 Å². The van der Waals surface area contributed by atoms with Crippen LogP contribution in [0.15, 0.2) is 24.3 Å². The molecule has 2 unspecified atom stereocenters. The molecule has 2 atom stereocenters. The van der Waals surface area contributed by atoms with Crippen LogP contribution in [0.3, 0.4) is 0 Å². The molecule has 3 N–H and O–H groups in total. The maximum absolute atomic E-state index is 14.0. The van der Waals surface area contributed by atoms with Gasteiger partial charge in [0.05, 0.1) is 18.4 Å². The number of rotatable bonds is 2. The molecule has 2 aliphatic heterocycles. The zero-order chi connectivity index (χ0) is 21.8. The Morgan fingerprint density at radius 3 is 2.10 bits per heavy atom. The van der Waals surface area contributed by atoms with E-state index in [2.05, 4.69) is 10.6 Å². The lowest BCUT2D eigenvalue weighted by atomic mass is 9.84. The minimum Gasteiger partial charge on any atom is -0.475 e. The van der Waals surface area contributed by atoms with Gasteiger partial charge in [0.1, 0.15) is 0 Å². The van der Waals surface area contributed by atoms with Gasteiger partial charge in [0.15, 0.2) is 0 Å². The molecule has 2 heterocycles.